The van der Waals surface area contributed by atoms with Crippen molar-refractivity contribution in [3.05, 3.63) is 39.5 Å². The van der Waals surface area contributed by atoms with Gasteiger partial charge in [0.1, 0.15) is 11.9 Å². The standard InChI is InChI=1S/C11H13FN4O4/c12-7-4-8(13)6(11(19)20)3-5(7)10(18)9(17)1-2-15-16-14/h3-4,9-10,17-18H,1-2,13H2,(H,19,20). The van der Waals surface area contributed by atoms with Crippen molar-refractivity contribution >= 4 is 11.7 Å². The zero-order valence-corrected chi connectivity index (χ0v) is 10.3. The smallest absolute Gasteiger partial charge is 0.337 e. The zero-order valence-electron chi connectivity index (χ0n) is 10.3. The Hall–Kier alpha value is -2.35. The van der Waals surface area contributed by atoms with Crippen LogP contribution in [-0.2, 0) is 0 Å². The van der Waals surface area contributed by atoms with E-state index in [1.54, 1.807) is 0 Å². The highest BCUT2D eigenvalue weighted by Gasteiger charge is 2.23. The van der Waals surface area contributed by atoms with Crippen LogP contribution in [0, 0.1) is 5.82 Å². The predicted octanol–water partition coefficient (Wildman–Crippen LogP) is 1.20. The van der Waals surface area contributed by atoms with Gasteiger partial charge in [-0.2, -0.15) is 0 Å². The first-order valence-electron chi connectivity index (χ1n) is 5.57. The summed E-state index contributed by atoms with van der Waals surface area (Å²) in [4.78, 5) is 13.4. The van der Waals surface area contributed by atoms with Crippen LogP contribution in [0.25, 0.3) is 10.4 Å². The van der Waals surface area contributed by atoms with Gasteiger partial charge in [0, 0.05) is 22.7 Å². The van der Waals surface area contributed by atoms with Gasteiger partial charge in [-0.05, 0) is 24.1 Å². The maximum Gasteiger partial charge on any atom is 0.337 e. The minimum absolute atomic E-state index is 0.0862. The molecular formula is C11H13FN4O4. The molecule has 0 amide bonds. The second-order valence-electron chi connectivity index (χ2n) is 4.02. The van der Waals surface area contributed by atoms with Gasteiger partial charge in [0.05, 0.1) is 11.7 Å². The number of nitrogens with zero attached hydrogens (tertiary/aromatic N) is 3. The number of nitrogens with two attached hydrogens (primary N) is 1. The molecule has 0 bridgehead atoms. The summed E-state index contributed by atoms with van der Waals surface area (Å²) >= 11 is 0. The molecule has 8 nitrogen and oxygen atoms in total. The molecule has 0 saturated carbocycles. The molecule has 5 N–H and O–H groups in total. The third kappa shape index (κ3) is 3.58. The Morgan fingerprint density at radius 1 is 1.50 bits per heavy atom. The summed E-state index contributed by atoms with van der Waals surface area (Å²) in [7, 11) is 0. The Bertz CT molecular complexity index is 560. The largest absolute Gasteiger partial charge is 0.478 e. The Balaban J connectivity index is 3.02. The van der Waals surface area contributed by atoms with E-state index in [0.717, 1.165) is 12.1 Å². The number of benzene rings is 1. The molecule has 1 rings (SSSR count). The van der Waals surface area contributed by atoms with Crippen molar-refractivity contribution in [2.45, 2.75) is 18.6 Å². The fraction of sp³-hybridized carbons (Fsp3) is 0.364. The van der Waals surface area contributed by atoms with Gasteiger partial charge < -0.3 is 21.1 Å². The SMILES string of the molecule is [N-]=[N+]=NCCC(O)C(O)c1cc(C(=O)O)c(N)cc1F. The van der Waals surface area contributed by atoms with Gasteiger partial charge in [-0.1, -0.05) is 5.11 Å². The molecule has 2 atom stereocenters. The quantitative estimate of drug-likeness (QED) is 0.267. The average Bonchev–Trinajstić information content (AvgIpc) is 2.37. The lowest BCUT2D eigenvalue weighted by Gasteiger charge is -2.19. The summed E-state index contributed by atoms with van der Waals surface area (Å²) in [5.74, 6) is -2.30. The number of nitrogen functional groups attached to an aromatic ring is 1. The van der Waals surface area contributed by atoms with Crippen LogP contribution in [0.5, 0.6) is 0 Å². The molecule has 0 radical (unpaired) electrons. The minimum atomic E-state index is -1.65. The third-order valence-electron chi connectivity index (χ3n) is 2.67. The van der Waals surface area contributed by atoms with Gasteiger partial charge in [-0.15, -0.1) is 0 Å². The molecular weight excluding hydrogens is 271 g/mol. The van der Waals surface area contributed by atoms with Gasteiger partial charge in [-0.3, -0.25) is 0 Å². The number of hydrogen-bond acceptors (Lipinski definition) is 5. The molecule has 9 heteroatoms. The Morgan fingerprint density at radius 3 is 2.70 bits per heavy atom. The summed E-state index contributed by atoms with van der Waals surface area (Å²) in [5.41, 5.74) is 12.4. The Morgan fingerprint density at radius 2 is 2.15 bits per heavy atom. The van der Waals surface area contributed by atoms with E-state index in [4.69, 9.17) is 16.4 Å². The monoisotopic (exact) mass is 284 g/mol. The molecule has 1 aromatic rings. The number of carbonyl (C=O) groups is 1. The number of aromatic carboxylic acids is 1. The molecule has 1 aromatic carbocycles. The van der Waals surface area contributed by atoms with Gasteiger partial charge in [-0.25, -0.2) is 9.18 Å². The first kappa shape index (κ1) is 15.7. The van der Waals surface area contributed by atoms with E-state index < -0.39 is 24.0 Å². The summed E-state index contributed by atoms with van der Waals surface area (Å²) in [6.45, 7) is -0.0862. The number of hydrogen-bond donors (Lipinski definition) is 4. The third-order valence-corrected chi connectivity index (χ3v) is 2.67. The number of aliphatic hydroxyl groups is 2. The second-order valence-corrected chi connectivity index (χ2v) is 4.02. The van der Waals surface area contributed by atoms with Crippen molar-refractivity contribution in [2.75, 3.05) is 12.3 Å². The maximum absolute atomic E-state index is 13.7. The minimum Gasteiger partial charge on any atom is -0.478 e. The van der Waals surface area contributed by atoms with E-state index in [1.165, 1.54) is 0 Å². The number of rotatable bonds is 6. The van der Waals surface area contributed by atoms with Crippen LogP contribution in [0.1, 0.15) is 28.4 Å². The molecule has 2 unspecified atom stereocenters. The van der Waals surface area contributed by atoms with Crippen LogP contribution in [0.3, 0.4) is 0 Å². The Kier molecular flexibility index (Phi) is 5.27. The second kappa shape index (κ2) is 6.71. The predicted molar refractivity (Wildman–Crippen MR) is 67.4 cm³/mol. The number of halogens is 1. The van der Waals surface area contributed by atoms with Crippen LogP contribution in [0.2, 0.25) is 0 Å². The van der Waals surface area contributed by atoms with Crippen molar-refractivity contribution in [1.29, 1.82) is 0 Å². The van der Waals surface area contributed by atoms with Crippen LogP contribution in [0.15, 0.2) is 17.2 Å². The molecule has 0 aliphatic rings. The number of azide groups is 1. The molecule has 0 aromatic heterocycles. The molecule has 0 aliphatic heterocycles. The van der Waals surface area contributed by atoms with E-state index in [9.17, 15) is 19.4 Å². The van der Waals surface area contributed by atoms with E-state index in [1.807, 2.05) is 0 Å². The van der Waals surface area contributed by atoms with Crippen molar-refractivity contribution < 1.29 is 24.5 Å². The highest BCUT2D eigenvalue weighted by atomic mass is 19.1. The Labute approximate surface area is 112 Å². The summed E-state index contributed by atoms with van der Waals surface area (Å²) < 4.78 is 13.7. The van der Waals surface area contributed by atoms with Crippen LogP contribution in [0.4, 0.5) is 10.1 Å². The summed E-state index contributed by atoms with van der Waals surface area (Å²) in [5, 5.41) is 31.5. The van der Waals surface area contributed by atoms with Crippen molar-refractivity contribution in [3.63, 3.8) is 0 Å². The highest BCUT2D eigenvalue weighted by Crippen LogP contribution is 2.26. The van der Waals surface area contributed by atoms with Crippen molar-refractivity contribution in [1.82, 2.24) is 0 Å². The molecule has 0 saturated heterocycles. The zero-order chi connectivity index (χ0) is 15.3. The molecule has 0 fully saturated rings. The number of carboxylic acids is 1. The van der Waals surface area contributed by atoms with Crippen molar-refractivity contribution in [2.24, 2.45) is 5.11 Å². The molecule has 0 spiro atoms. The van der Waals surface area contributed by atoms with Crippen molar-refractivity contribution in [3.8, 4) is 0 Å². The first-order valence-corrected chi connectivity index (χ1v) is 5.57. The molecule has 0 aliphatic carbocycles. The number of carboxylic acid groups (broad SMARTS) is 1. The van der Waals surface area contributed by atoms with Gasteiger partial charge in [0.15, 0.2) is 0 Å². The normalized spacial score (nSPS) is 13.3. The lowest BCUT2D eigenvalue weighted by Crippen LogP contribution is -2.21. The number of anilines is 1. The summed E-state index contributed by atoms with van der Waals surface area (Å²) in [6, 6.07) is 1.64. The van der Waals surface area contributed by atoms with E-state index in [0.29, 0.717) is 0 Å². The first-order chi connectivity index (χ1) is 9.38. The average molecular weight is 284 g/mol. The van der Waals surface area contributed by atoms with E-state index in [2.05, 4.69) is 10.0 Å². The molecule has 0 heterocycles. The van der Waals surface area contributed by atoms with Gasteiger partial charge in [0.25, 0.3) is 0 Å². The summed E-state index contributed by atoms with van der Waals surface area (Å²) in [6.07, 6.45) is -3.15. The fourth-order valence-electron chi connectivity index (χ4n) is 1.62. The van der Waals surface area contributed by atoms with E-state index >= 15 is 0 Å². The van der Waals surface area contributed by atoms with Crippen LogP contribution in [-0.4, -0.2) is 33.9 Å². The topological polar surface area (TPSA) is 153 Å². The van der Waals surface area contributed by atoms with Crippen LogP contribution < -0.4 is 5.73 Å². The lowest BCUT2D eigenvalue weighted by molar-refractivity contribution is 0.0129. The highest BCUT2D eigenvalue weighted by molar-refractivity contribution is 5.93. The molecule has 108 valence electrons. The lowest BCUT2D eigenvalue weighted by atomic mass is 9.98. The molecule has 20 heavy (non-hydrogen) atoms. The maximum atomic E-state index is 13.7. The van der Waals surface area contributed by atoms with Gasteiger partial charge in [0.2, 0.25) is 0 Å². The fourth-order valence-corrected chi connectivity index (χ4v) is 1.62. The number of aliphatic hydroxyl groups excluding tert-OH is 2. The van der Waals surface area contributed by atoms with Gasteiger partial charge >= 0.3 is 5.97 Å². The van der Waals surface area contributed by atoms with E-state index in [-0.39, 0.29) is 29.8 Å². The van der Waals surface area contributed by atoms with Crippen LogP contribution >= 0.6 is 0 Å².